The van der Waals surface area contributed by atoms with E-state index in [4.69, 9.17) is 11.6 Å². The van der Waals surface area contributed by atoms with Crippen molar-refractivity contribution >= 4 is 56.0 Å². The Labute approximate surface area is 139 Å². The molecule has 1 aromatic heterocycles. The molecule has 1 heterocycles. The summed E-state index contributed by atoms with van der Waals surface area (Å²) in [5, 5.41) is 11.3. The van der Waals surface area contributed by atoms with Gasteiger partial charge in [-0.2, -0.15) is 8.75 Å². The van der Waals surface area contributed by atoms with Crippen LogP contribution in [0.4, 0.5) is 5.69 Å². The van der Waals surface area contributed by atoms with E-state index < -0.39 is 16.0 Å². The first-order chi connectivity index (χ1) is 10.9. The van der Waals surface area contributed by atoms with Gasteiger partial charge in [-0.05, 0) is 30.3 Å². The smallest absolute Gasteiger partial charge is 0.264 e. The predicted octanol–water partition coefficient (Wildman–Crippen LogP) is 1.51. The number of benzene rings is 2. The number of fused-ring (bicyclic) bond motifs is 1. The van der Waals surface area contributed by atoms with Gasteiger partial charge in [0.1, 0.15) is 15.9 Å². The topological polar surface area (TPSA) is 112 Å². The zero-order chi connectivity index (χ0) is 16.6. The van der Waals surface area contributed by atoms with E-state index >= 15 is 0 Å². The first kappa shape index (κ1) is 15.7. The Morgan fingerprint density at radius 3 is 2.74 bits per heavy atom. The van der Waals surface area contributed by atoms with Gasteiger partial charge in [-0.15, -0.1) is 0 Å². The molecule has 0 aliphatic rings. The third-order valence-electron chi connectivity index (χ3n) is 2.98. The van der Waals surface area contributed by atoms with E-state index in [1.807, 2.05) is 0 Å². The number of nitrogens with zero attached hydrogens (tertiary/aromatic N) is 2. The van der Waals surface area contributed by atoms with Crippen molar-refractivity contribution in [2.24, 2.45) is 0 Å². The Morgan fingerprint density at radius 1 is 1.22 bits per heavy atom. The fourth-order valence-electron chi connectivity index (χ4n) is 1.97. The molecule has 0 fully saturated rings. The predicted molar refractivity (Wildman–Crippen MR) is 84.0 cm³/mol. The Bertz CT molecular complexity index is 1020. The van der Waals surface area contributed by atoms with Gasteiger partial charge in [0.05, 0.1) is 23.4 Å². The number of nitrogens with one attached hydrogen (secondary N) is 1. The van der Waals surface area contributed by atoms with E-state index in [1.54, 1.807) is 6.07 Å². The molecular formula is C13H7ClN3O4S2-. The Kier molecular flexibility index (Phi) is 3.92. The second kappa shape index (κ2) is 5.76. The molecule has 0 aliphatic carbocycles. The van der Waals surface area contributed by atoms with E-state index in [1.165, 1.54) is 24.3 Å². The lowest BCUT2D eigenvalue weighted by Crippen LogP contribution is -2.25. The van der Waals surface area contributed by atoms with Crippen molar-refractivity contribution < 1.29 is 18.3 Å². The number of carboxylic acid groups (broad SMARTS) is 1. The molecule has 23 heavy (non-hydrogen) atoms. The summed E-state index contributed by atoms with van der Waals surface area (Å²) in [7, 11) is -4.06. The fraction of sp³-hybridized carbons (Fsp3) is 0. The quantitative estimate of drug-likeness (QED) is 0.747. The summed E-state index contributed by atoms with van der Waals surface area (Å²) < 4.78 is 35.3. The van der Waals surface area contributed by atoms with Crippen molar-refractivity contribution in [2.45, 2.75) is 4.90 Å². The molecule has 0 bridgehead atoms. The Morgan fingerprint density at radius 2 is 2.00 bits per heavy atom. The SMILES string of the molecule is O=C([O-])c1cc(Cl)ccc1NS(=O)(=O)c1cccc2nsnc12. The zero-order valence-corrected chi connectivity index (χ0v) is 13.6. The summed E-state index contributed by atoms with van der Waals surface area (Å²) in [5.74, 6) is -1.54. The minimum atomic E-state index is -4.06. The molecule has 0 unspecified atom stereocenters. The molecule has 0 saturated carbocycles. The highest BCUT2D eigenvalue weighted by atomic mass is 35.5. The van der Waals surface area contributed by atoms with Crippen LogP contribution in [0, 0.1) is 0 Å². The van der Waals surface area contributed by atoms with Crippen LogP contribution in [0.3, 0.4) is 0 Å². The number of aromatic nitrogens is 2. The molecular weight excluding hydrogens is 362 g/mol. The van der Waals surface area contributed by atoms with Crippen molar-refractivity contribution in [3.63, 3.8) is 0 Å². The van der Waals surface area contributed by atoms with Crippen LogP contribution in [-0.4, -0.2) is 23.1 Å². The molecule has 7 nitrogen and oxygen atoms in total. The molecule has 0 spiro atoms. The molecule has 118 valence electrons. The van der Waals surface area contributed by atoms with Gasteiger partial charge in [0.15, 0.2) is 0 Å². The summed E-state index contributed by atoms with van der Waals surface area (Å²) in [6.45, 7) is 0. The standard InChI is InChI=1S/C13H8ClN3O4S2/c14-7-4-5-9(8(6-7)13(18)19)17-23(20,21)11-3-1-2-10-12(11)16-22-15-10/h1-6,17H,(H,18,19)/p-1. The van der Waals surface area contributed by atoms with Crippen LogP contribution in [0.15, 0.2) is 41.3 Å². The van der Waals surface area contributed by atoms with Crippen molar-refractivity contribution in [3.05, 3.63) is 47.0 Å². The monoisotopic (exact) mass is 368 g/mol. The molecule has 3 rings (SSSR count). The number of carbonyl (C=O) groups is 1. The number of carbonyl (C=O) groups excluding carboxylic acids is 1. The summed E-state index contributed by atoms with van der Waals surface area (Å²) >= 11 is 6.61. The molecule has 0 saturated heterocycles. The van der Waals surface area contributed by atoms with Gasteiger partial charge in [-0.1, -0.05) is 17.7 Å². The summed E-state index contributed by atoms with van der Waals surface area (Å²) in [6.07, 6.45) is 0. The van der Waals surface area contributed by atoms with Crippen LogP contribution >= 0.6 is 23.3 Å². The van der Waals surface area contributed by atoms with Crippen molar-refractivity contribution in [3.8, 4) is 0 Å². The van der Waals surface area contributed by atoms with Crippen molar-refractivity contribution in [2.75, 3.05) is 4.72 Å². The highest BCUT2D eigenvalue weighted by Crippen LogP contribution is 2.26. The van der Waals surface area contributed by atoms with Crippen molar-refractivity contribution in [1.82, 2.24) is 8.75 Å². The number of aromatic carboxylic acids is 1. The number of hydrogen-bond donors (Lipinski definition) is 1. The number of halogens is 1. The number of rotatable bonds is 4. The fourth-order valence-corrected chi connectivity index (χ4v) is 3.99. The largest absolute Gasteiger partial charge is 0.545 e. The first-order valence-electron chi connectivity index (χ1n) is 6.13. The third kappa shape index (κ3) is 2.98. The number of sulfonamides is 1. The normalized spacial score (nSPS) is 11.5. The molecule has 3 aromatic rings. The van der Waals surface area contributed by atoms with Gasteiger partial charge in [0.2, 0.25) is 0 Å². The number of hydrogen-bond acceptors (Lipinski definition) is 7. The van der Waals surface area contributed by atoms with Crippen molar-refractivity contribution in [1.29, 1.82) is 0 Å². The van der Waals surface area contributed by atoms with E-state index in [2.05, 4.69) is 13.5 Å². The summed E-state index contributed by atoms with van der Waals surface area (Å²) in [4.78, 5) is 11.0. The van der Waals surface area contributed by atoms with Gasteiger partial charge >= 0.3 is 0 Å². The Hall–Kier alpha value is -2.23. The highest BCUT2D eigenvalue weighted by Gasteiger charge is 2.21. The first-order valence-corrected chi connectivity index (χ1v) is 8.72. The van der Waals surface area contributed by atoms with Crippen LogP contribution in [0.5, 0.6) is 0 Å². The lowest BCUT2D eigenvalue weighted by molar-refractivity contribution is -0.254. The van der Waals surface area contributed by atoms with Gasteiger partial charge < -0.3 is 9.90 Å². The lowest BCUT2D eigenvalue weighted by Gasteiger charge is -2.13. The van der Waals surface area contributed by atoms with Crippen LogP contribution in [-0.2, 0) is 10.0 Å². The molecule has 0 amide bonds. The van der Waals surface area contributed by atoms with E-state index in [0.717, 1.165) is 17.8 Å². The van der Waals surface area contributed by atoms with Gasteiger partial charge in [0, 0.05) is 10.6 Å². The maximum Gasteiger partial charge on any atom is 0.264 e. The van der Waals surface area contributed by atoms with E-state index in [0.29, 0.717) is 5.52 Å². The van der Waals surface area contributed by atoms with Crippen LogP contribution < -0.4 is 9.83 Å². The highest BCUT2D eigenvalue weighted by molar-refractivity contribution is 7.93. The van der Waals surface area contributed by atoms with Gasteiger partial charge in [-0.25, -0.2) is 8.42 Å². The number of carboxylic acids is 1. The minimum absolute atomic E-state index is 0.0944. The van der Waals surface area contributed by atoms with Gasteiger partial charge in [0.25, 0.3) is 10.0 Å². The van der Waals surface area contributed by atoms with Crippen LogP contribution in [0.1, 0.15) is 10.4 Å². The minimum Gasteiger partial charge on any atom is -0.545 e. The second-order valence-corrected chi connectivity index (χ2v) is 7.09. The number of anilines is 1. The third-order valence-corrected chi connectivity index (χ3v) is 5.16. The summed E-state index contributed by atoms with van der Waals surface area (Å²) in [6, 6.07) is 8.26. The molecule has 1 N–H and O–H groups in total. The van der Waals surface area contributed by atoms with Crippen LogP contribution in [0.2, 0.25) is 5.02 Å². The molecule has 0 aliphatic heterocycles. The molecule has 0 atom stereocenters. The molecule has 10 heteroatoms. The summed E-state index contributed by atoms with van der Waals surface area (Å²) in [5.41, 5.74) is 0.155. The maximum atomic E-state index is 12.6. The average molecular weight is 369 g/mol. The Balaban J connectivity index is 2.09. The molecule has 2 aromatic carbocycles. The zero-order valence-electron chi connectivity index (χ0n) is 11.2. The lowest BCUT2D eigenvalue weighted by atomic mass is 10.2. The van der Waals surface area contributed by atoms with Gasteiger partial charge in [-0.3, -0.25) is 4.72 Å². The second-order valence-electron chi connectivity index (χ2n) is 4.47. The molecule has 0 radical (unpaired) electrons. The van der Waals surface area contributed by atoms with Crippen LogP contribution in [0.25, 0.3) is 11.0 Å². The maximum absolute atomic E-state index is 12.6. The average Bonchev–Trinajstić information content (AvgIpc) is 2.96. The van der Waals surface area contributed by atoms with E-state index in [-0.39, 0.29) is 26.7 Å². The van der Waals surface area contributed by atoms with E-state index in [9.17, 15) is 18.3 Å².